The van der Waals surface area contributed by atoms with Gasteiger partial charge in [0.05, 0.1) is 17.3 Å². The third-order valence-electron chi connectivity index (χ3n) is 5.73. The molecule has 4 rings (SSSR count). The Hall–Kier alpha value is -2.96. The van der Waals surface area contributed by atoms with Crippen LogP contribution in [0.2, 0.25) is 0 Å². The van der Waals surface area contributed by atoms with Gasteiger partial charge in [-0.15, -0.1) is 0 Å². The normalized spacial score (nSPS) is 15.3. The zero-order valence-electron chi connectivity index (χ0n) is 16.3. The maximum atomic E-state index is 12.8. The number of benzene rings is 1. The minimum absolute atomic E-state index is 0.0144. The Bertz CT molecular complexity index is 1060. The van der Waals surface area contributed by atoms with Gasteiger partial charge in [-0.25, -0.2) is 4.68 Å². The molecular weight excluding hydrogens is 354 g/mol. The van der Waals surface area contributed by atoms with E-state index in [1.807, 2.05) is 36.2 Å². The predicted octanol–water partition coefficient (Wildman–Crippen LogP) is 2.40. The number of amides is 1. The number of H-pyrrole nitrogens is 1. The SMILES string of the molecule is CCc1cn[nH]c1C1CCN(C(=O)Cn2nc(C)c3ccccc3c2=O)CC1. The molecule has 3 heterocycles. The molecule has 7 heteroatoms. The highest BCUT2D eigenvalue weighted by atomic mass is 16.2. The smallest absolute Gasteiger partial charge is 0.275 e. The molecule has 3 aromatic rings. The van der Waals surface area contributed by atoms with E-state index in [4.69, 9.17) is 0 Å². The first-order valence-electron chi connectivity index (χ1n) is 9.84. The average Bonchev–Trinajstić information content (AvgIpc) is 3.21. The van der Waals surface area contributed by atoms with Gasteiger partial charge < -0.3 is 4.90 Å². The van der Waals surface area contributed by atoms with Crippen molar-refractivity contribution in [1.29, 1.82) is 0 Å². The molecule has 0 saturated carbocycles. The largest absolute Gasteiger partial charge is 0.341 e. The van der Waals surface area contributed by atoms with E-state index < -0.39 is 0 Å². The van der Waals surface area contributed by atoms with E-state index in [0.717, 1.165) is 30.3 Å². The quantitative estimate of drug-likeness (QED) is 0.754. The summed E-state index contributed by atoms with van der Waals surface area (Å²) in [5, 5.41) is 13.1. The maximum Gasteiger partial charge on any atom is 0.275 e. The summed E-state index contributed by atoms with van der Waals surface area (Å²) in [5.74, 6) is 0.355. The molecule has 0 unspecified atom stereocenters. The highest BCUT2D eigenvalue weighted by Gasteiger charge is 2.26. The summed E-state index contributed by atoms with van der Waals surface area (Å²) in [6, 6.07) is 7.39. The number of rotatable bonds is 4. The third kappa shape index (κ3) is 3.32. The van der Waals surface area contributed by atoms with Gasteiger partial charge in [-0.2, -0.15) is 10.2 Å². The molecule has 0 spiro atoms. The molecule has 1 aliphatic heterocycles. The number of piperidine rings is 1. The van der Waals surface area contributed by atoms with E-state index >= 15 is 0 Å². The molecule has 1 fully saturated rings. The van der Waals surface area contributed by atoms with Crippen LogP contribution >= 0.6 is 0 Å². The minimum Gasteiger partial charge on any atom is -0.341 e. The molecule has 0 aliphatic carbocycles. The third-order valence-corrected chi connectivity index (χ3v) is 5.73. The zero-order valence-corrected chi connectivity index (χ0v) is 16.3. The van der Waals surface area contributed by atoms with E-state index in [0.29, 0.717) is 24.4 Å². The number of hydrogen-bond donors (Lipinski definition) is 1. The Morgan fingerprint density at radius 1 is 1.21 bits per heavy atom. The molecule has 28 heavy (non-hydrogen) atoms. The predicted molar refractivity (Wildman–Crippen MR) is 107 cm³/mol. The Labute approximate surface area is 163 Å². The standard InChI is InChI=1S/C21H25N5O2/c1-3-15-12-22-23-20(15)16-8-10-25(11-9-16)19(27)13-26-21(28)18-7-5-4-6-17(18)14(2)24-26/h4-7,12,16H,3,8-11,13H2,1-2H3,(H,22,23). The lowest BCUT2D eigenvalue weighted by molar-refractivity contribution is -0.133. The second-order valence-corrected chi connectivity index (χ2v) is 7.41. The number of fused-ring (bicyclic) bond motifs is 1. The molecule has 0 bridgehead atoms. The van der Waals surface area contributed by atoms with Gasteiger partial charge in [0.1, 0.15) is 6.54 Å². The summed E-state index contributed by atoms with van der Waals surface area (Å²) < 4.78 is 1.30. The maximum absolute atomic E-state index is 12.8. The number of aryl methyl sites for hydroxylation is 2. The second-order valence-electron chi connectivity index (χ2n) is 7.41. The fourth-order valence-corrected chi connectivity index (χ4v) is 4.11. The second kappa shape index (κ2) is 7.58. The van der Waals surface area contributed by atoms with Crippen molar-refractivity contribution in [3.8, 4) is 0 Å². The van der Waals surface area contributed by atoms with Gasteiger partial charge in [-0.05, 0) is 37.8 Å². The molecule has 7 nitrogen and oxygen atoms in total. The van der Waals surface area contributed by atoms with Crippen LogP contribution in [0.15, 0.2) is 35.3 Å². The molecular formula is C21H25N5O2. The highest BCUT2D eigenvalue weighted by molar-refractivity contribution is 5.83. The summed E-state index contributed by atoms with van der Waals surface area (Å²) in [5.41, 5.74) is 3.01. The lowest BCUT2D eigenvalue weighted by atomic mass is 9.91. The Kier molecular flexibility index (Phi) is 4.98. The van der Waals surface area contributed by atoms with Gasteiger partial charge in [0.2, 0.25) is 5.91 Å². The van der Waals surface area contributed by atoms with Crippen molar-refractivity contribution in [2.75, 3.05) is 13.1 Å². The van der Waals surface area contributed by atoms with Gasteiger partial charge >= 0.3 is 0 Å². The fraction of sp³-hybridized carbons (Fsp3) is 0.429. The number of aromatic nitrogens is 4. The summed E-state index contributed by atoms with van der Waals surface area (Å²) in [6.45, 7) is 5.35. The van der Waals surface area contributed by atoms with Crippen molar-refractivity contribution in [1.82, 2.24) is 24.9 Å². The molecule has 1 saturated heterocycles. The van der Waals surface area contributed by atoms with Crippen LogP contribution in [-0.4, -0.2) is 43.9 Å². The van der Waals surface area contributed by atoms with Crippen LogP contribution in [0, 0.1) is 6.92 Å². The summed E-state index contributed by atoms with van der Waals surface area (Å²) in [4.78, 5) is 27.3. The zero-order chi connectivity index (χ0) is 19.7. The lowest BCUT2D eigenvalue weighted by Crippen LogP contribution is -2.42. The van der Waals surface area contributed by atoms with Crippen molar-refractivity contribution in [3.63, 3.8) is 0 Å². The summed E-state index contributed by atoms with van der Waals surface area (Å²) >= 11 is 0. The Morgan fingerprint density at radius 3 is 2.64 bits per heavy atom. The number of hydrogen-bond acceptors (Lipinski definition) is 4. The van der Waals surface area contributed by atoms with Crippen molar-refractivity contribution in [2.45, 2.75) is 45.6 Å². The molecule has 1 aliphatic rings. The first kappa shape index (κ1) is 18.4. The number of carbonyl (C=O) groups is 1. The molecule has 2 aromatic heterocycles. The first-order valence-corrected chi connectivity index (χ1v) is 9.84. The molecule has 1 amide bonds. The van der Waals surface area contributed by atoms with Crippen molar-refractivity contribution < 1.29 is 4.79 Å². The fourth-order valence-electron chi connectivity index (χ4n) is 4.11. The van der Waals surface area contributed by atoms with Crippen LogP contribution in [0.25, 0.3) is 10.8 Å². The molecule has 146 valence electrons. The van der Waals surface area contributed by atoms with Crippen molar-refractivity contribution in [2.24, 2.45) is 0 Å². The number of nitrogens with one attached hydrogen (secondary N) is 1. The van der Waals surface area contributed by atoms with E-state index in [1.165, 1.54) is 15.9 Å². The molecule has 0 atom stereocenters. The lowest BCUT2D eigenvalue weighted by Gasteiger charge is -2.32. The minimum atomic E-state index is -0.213. The topological polar surface area (TPSA) is 83.9 Å². The van der Waals surface area contributed by atoms with Crippen LogP contribution in [0.1, 0.15) is 42.6 Å². The Morgan fingerprint density at radius 2 is 1.93 bits per heavy atom. The summed E-state index contributed by atoms with van der Waals surface area (Å²) in [7, 11) is 0. The van der Waals surface area contributed by atoms with E-state index in [-0.39, 0.29) is 18.0 Å². The van der Waals surface area contributed by atoms with Crippen molar-refractivity contribution >= 4 is 16.7 Å². The van der Waals surface area contributed by atoms with Gasteiger partial charge in [-0.1, -0.05) is 25.1 Å². The van der Waals surface area contributed by atoms with Gasteiger partial charge in [0.15, 0.2) is 0 Å². The first-order chi connectivity index (χ1) is 13.6. The average molecular weight is 379 g/mol. The van der Waals surface area contributed by atoms with Crippen LogP contribution < -0.4 is 5.56 Å². The van der Waals surface area contributed by atoms with E-state index in [1.54, 1.807) is 6.07 Å². The number of nitrogens with zero attached hydrogens (tertiary/aromatic N) is 4. The van der Waals surface area contributed by atoms with Crippen LogP contribution in [0.4, 0.5) is 0 Å². The van der Waals surface area contributed by atoms with Gasteiger partial charge in [0, 0.05) is 30.1 Å². The van der Waals surface area contributed by atoms with Crippen LogP contribution in [0.3, 0.4) is 0 Å². The van der Waals surface area contributed by atoms with Crippen LogP contribution in [0.5, 0.6) is 0 Å². The monoisotopic (exact) mass is 379 g/mol. The van der Waals surface area contributed by atoms with Crippen molar-refractivity contribution in [3.05, 3.63) is 57.8 Å². The Balaban J connectivity index is 1.46. The van der Waals surface area contributed by atoms with Crippen LogP contribution in [-0.2, 0) is 17.8 Å². The number of carbonyl (C=O) groups excluding carboxylic acids is 1. The summed E-state index contributed by atoms with van der Waals surface area (Å²) in [6.07, 6.45) is 4.66. The van der Waals surface area contributed by atoms with Gasteiger partial charge in [-0.3, -0.25) is 14.7 Å². The van der Waals surface area contributed by atoms with E-state index in [2.05, 4.69) is 22.2 Å². The molecule has 0 radical (unpaired) electrons. The number of likely N-dealkylation sites (tertiary alicyclic amines) is 1. The molecule has 1 N–H and O–H groups in total. The number of aromatic amines is 1. The van der Waals surface area contributed by atoms with Gasteiger partial charge in [0.25, 0.3) is 5.56 Å². The highest BCUT2D eigenvalue weighted by Crippen LogP contribution is 2.29. The van der Waals surface area contributed by atoms with E-state index in [9.17, 15) is 9.59 Å². The molecule has 1 aromatic carbocycles.